The van der Waals surface area contributed by atoms with Crippen molar-refractivity contribution in [3.8, 4) is 28.6 Å². The lowest BCUT2D eigenvalue weighted by Crippen LogP contribution is -2.19. The summed E-state index contributed by atoms with van der Waals surface area (Å²) >= 11 is 6.32. The van der Waals surface area contributed by atoms with Gasteiger partial charge in [-0.2, -0.15) is 4.98 Å². The van der Waals surface area contributed by atoms with Gasteiger partial charge in [-0.15, -0.1) is 0 Å². The SMILES string of the molecule is Cc1ccccc1-c1nc(-c2ccc(OCCN(C)C)c(Cl)c2)no1. The summed E-state index contributed by atoms with van der Waals surface area (Å²) in [6, 6.07) is 13.4. The van der Waals surface area contributed by atoms with Crippen LogP contribution < -0.4 is 4.74 Å². The maximum atomic E-state index is 6.32. The van der Waals surface area contributed by atoms with Crippen molar-refractivity contribution >= 4 is 11.6 Å². The lowest BCUT2D eigenvalue weighted by Gasteiger charge is -2.12. The molecule has 2 aromatic carbocycles. The number of rotatable bonds is 6. The minimum Gasteiger partial charge on any atom is -0.491 e. The van der Waals surface area contributed by atoms with E-state index in [0.29, 0.717) is 29.1 Å². The molecule has 3 aromatic rings. The zero-order valence-corrected chi connectivity index (χ0v) is 15.2. The summed E-state index contributed by atoms with van der Waals surface area (Å²) in [5.41, 5.74) is 2.80. The van der Waals surface area contributed by atoms with Gasteiger partial charge >= 0.3 is 0 Å². The fraction of sp³-hybridized carbons (Fsp3) is 0.263. The second kappa shape index (κ2) is 7.68. The average Bonchev–Trinajstić information content (AvgIpc) is 3.06. The second-order valence-electron chi connectivity index (χ2n) is 6.03. The molecule has 1 aromatic heterocycles. The molecule has 0 N–H and O–H groups in total. The fourth-order valence-corrected chi connectivity index (χ4v) is 2.59. The molecule has 1 heterocycles. The first-order chi connectivity index (χ1) is 12.0. The van der Waals surface area contributed by atoms with Crippen LogP contribution >= 0.6 is 11.6 Å². The number of hydrogen-bond acceptors (Lipinski definition) is 5. The molecule has 0 fully saturated rings. The number of nitrogens with zero attached hydrogens (tertiary/aromatic N) is 3. The van der Waals surface area contributed by atoms with E-state index in [0.717, 1.165) is 23.2 Å². The molecular formula is C19H20ClN3O2. The highest BCUT2D eigenvalue weighted by atomic mass is 35.5. The highest BCUT2D eigenvalue weighted by molar-refractivity contribution is 6.32. The molecule has 5 nitrogen and oxygen atoms in total. The number of ether oxygens (including phenoxy) is 1. The normalized spacial score (nSPS) is 11.1. The first-order valence-corrected chi connectivity index (χ1v) is 8.39. The van der Waals surface area contributed by atoms with Crippen LogP contribution in [0.1, 0.15) is 5.56 Å². The first-order valence-electron chi connectivity index (χ1n) is 8.02. The topological polar surface area (TPSA) is 51.4 Å². The molecule has 6 heteroatoms. The average molecular weight is 358 g/mol. The van der Waals surface area contributed by atoms with Gasteiger partial charge in [-0.3, -0.25) is 0 Å². The van der Waals surface area contributed by atoms with Gasteiger partial charge in [-0.1, -0.05) is 35.0 Å². The monoisotopic (exact) mass is 357 g/mol. The molecule has 0 radical (unpaired) electrons. The Balaban J connectivity index is 1.79. The first kappa shape index (κ1) is 17.5. The zero-order valence-electron chi connectivity index (χ0n) is 14.5. The molecule has 0 spiro atoms. The number of aromatic nitrogens is 2. The Morgan fingerprint density at radius 3 is 2.68 bits per heavy atom. The number of likely N-dealkylation sites (N-methyl/N-ethyl adjacent to an activating group) is 1. The minimum absolute atomic E-state index is 0.496. The number of aryl methyl sites for hydroxylation is 1. The summed E-state index contributed by atoms with van der Waals surface area (Å²) in [7, 11) is 3.99. The van der Waals surface area contributed by atoms with Crippen LogP contribution in [-0.2, 0) is 0 Å². The van der Waals surface area contributed by atoms with Crippen LogP contribution in [0.15, 0.2) is 47.0 Å². The summed E-state index contributed by atoms with van der Waals surface area (Å²) in [5.74, 6) is 1.64. The molecule has 130 valence electrons. The smallest absolute Gasteiger partial charge is 0.258 e. The van der Waals surface area contributed by atoms with Crippen LogP contribution in [-0.4, -0.2) is 42.3 Å². The van der Waals surface area contributed by atoms with Crippen molar-refractivity contribution in [3.63, 3.8) is 0 Å². The molecule has 0 aliphatic heterocycles. The predicted molar refractivity (Wildman–Crippen MR) is 99.0 cm³/mol. The molecule has 0 aliphatic rings. The summed E-state index contributed by atoms with van der Waals surface area (Å²) in [5, 5.41) is 4.59. The third-order valence-electron chi connectivity index (χ3n) is 3.79. The van der Waals surface area contributed by atoms with Crippen molar-refractivity contribution < 1.29 is 9.26 Å². The molecule has 0 saturated heterocycles. The Labute approximate surface area is 152 Å². The van der Waals surface area contributed by atoms with E-state index in [1.807, 2.05) is 57.4 Å². The van der Waals surface area contributed by atoms with E-state index in [4.69, 9.17) is 20.9 Å². The Morgan fingerprint density at radius 2 is 1.96 bits per heavy atom. The number of hydrogen-bond donors (Lipinski definition) is 0. The van der Waals surface area contributed by atoms with Crippen molar-refractivity contribution in [3.05, 3.63) is 53.1 Å². The van der Waals surface area contributed by atoms with E-state index >= 15 is 0 Å². The Kier molecular flexibility index (Phi) is 5.36. The molecule has 3 rings (SSSR count). The van der Waals surface area contributed by atoms with Crippen LogP contribution in [0.2, 0.25) is 5.02 Å². The summed E-state index contributed by atoms with van der Waals surface area (Å²) in [4.78, 5) is 6.53. The maximum absolute atomic E-state index is 6.32. The quantitative estimate of drug-likeness (QED) is 0.658. The van der Waals surface area contributed by atoms with Gasteiger partial charge in [0.15, 0.2) is 0 Å². The van der Waals surface area contributed by atoms with E-state index in [2.05, 4.69) is 15.0 Å². The van der Waals surface area contributed by atoms with Gasteiger partial charge in [0.1, 0.15) is 12.4 Å². The number of benzene rings is 2. The molecular weight excluding hydrogens is 338 g/mol. The summed E-state index contributed by atoms with van der Waals surface area (Å²) in [6.45, 7) is 3.41. The highest BCUT2D eigenvalue weighted by Gasteiger charge is 2.13. The Morgan fingerprint density at radius 1 is 1.16 bits per heavy atom. The van der Waals surface area contributed by atoms with Gasteiger partial charge in [0.05, 0.1) is 5.02 Å². The van der Waals surface area contributed by atoms with Gasteiger partial charge in [-0.25, -0.2) is 0 Å². The van der Waals surface area contributed by atoms with Crippen LogP contribution in [0.4, 0.5) is 0 Å². The van der Waals surface area contributed by atoms with Crippen LogP contribution in [0.5, 0.6) is 5.75 Å². The van der Waals surface area contributed by atoms with Gasteiger partial charge < -0.3 is 14.2 Å². The Hall–Kier alpha value is -2.37. The standard InChI is InChI=1S/C19H20ClN3O2/c1-13-6-4-5-7-15(13)19-21-18(22-25-19)14-8-9-17(16(20)12-14)24-11-10-23(2)3/h4-9,12H,10-11H2,1-3H3. The van der Waals surface area contributed by atoms with E-state index < -0.39 is 0 Å². The molecule has 0 atom stereocenters. The lowest BCUT2D eigenvalue weighted by atomic mass is 10.1. The van der Waals surface area contributed by atoms with Crippen LogP contribution in [0, 0.1) is 6.92 Å². The molecule has 25 heavy (non-hydrogen) atoms. The van der Waals surface area contributed by atoms with E-state index in [1.165, 1.54) is 0 Å². The van der Waals surface area contributed by atoms with Crippen molar-refractivity contribution in [2.75, 3.05) is 27.2 Å². The zero-order chi connectivity index (χ0) is 17.8. The molecule has 0 aliphatic carbocycles. The number of halogens is 1. The van der Waals surface area contributed by atoms with E-state index in [9.17, 15) is 0 Å². The van der Waals surface area contributed by atoms with Gasteiger partial charge in [0.2, 0.25) is 5.82 Å². The van der Waals surface area contributed by atoms with Gasteiger partial charge in [0.25, 0.3) is 5.89 Å². The van der Waals surface area contributed by atoms with E-state index in [-0.39, 0.29) is 0 Å². The Bertz CT molecular complexity index is 861. The summed E-state index contributed by atoms with van der Waals surface area (Å²) in [6.07, 6.45) is 0. The largest absolute Gasteiger partial charge is 0.491 e. The van der Waals surface area contributed by atoms with Crippen molar-refractivity contribution in [2.45, 2.75) is 6.92 Å². The van der Waals surface area contributed by atoms with Crippen molar-refractivity contribution in [2.24, 2.45) is 0 Å². The lowest BCUT2D eigenvalue weighted by molar-refractivity contribution is 0.261. The predicted octanol–water partition coefficient (Wildman–Crippen LogP) is 4.31. The minimum atomic E-state index is 0.496. The molecule has 0 amide bonds. The second-order valence-corrected chi connectivity index (χ2v) is 6.44. The third kappa shape index (κ3) is 4.18. The van der Waals surface area contributed by atoms with Gasteiger partial charge in [0, 0.05) is 17.7 Å². The fourth-order valence-electron chi connectivity index (χ4n) is 2.36. The maximum Gasteiger partial charge on any atom is 0.258 e. The van der Waals surface area contributed by atoms with Crippen LogP contribution in [0.3, 0.4) is 0 Å². The molecule has 0 bridgehead atoms. The van der Waals surface area contributed by atoms with Crippen molar-refractivity contribution in [1.29, 1.82) is 0 Å². The molecule has 0 saturated carbocycles. The van der Waals surface area contributed by atoms with Crippen LogP contribution in [0.25, 0.3) is 22.8 Å². The third-order valence-corrected chi connectivity index (χ3v) is 4.08. The van der Waals surface area contributed by atoms with Crippen molar-refractivity contribution in [1.82, 2.24) is 15.0 Å². The highest BCUT2D eigenvalue weighted by Crippen LogP contribution is 2.30. The van der Waals surface area contributed by atoms with E-state index in [1.54, 1.807) is 6.07 Å². The summed E-state index contributed by atoms with van der Waals surface area (Å²) < 4.78 is 11.1. The molecule has 0 unspecified atom stereocenters. The van der Waals surface area contributed by atoms with Gasteiger partial charge in [-0.05, 0) is 50.8 Å².